The molecule has 0 aliphatic heterocycles. The van der Waals surface area contributed by atoms with Crippen LogP contribution in [-0.4, -0.2) is 11.8 Å². The van der Waals surface area contributed by atoms with Crippen molar-refractivity contribution < 1.29 is 14.3 Å². The van der Waals surface area contributed by atoms with Crippen LogP contribution in [0.5, 0.6) is 0 Å². The van der Waals surface area contributed by atoms with Gasteiger partial charge in [-0.1, -0.05) is 37.6 Å². The molecule has 0 heterocycles. The van der Waals surface area contributed by atoms with E-state index in [1.807, 2.05) is 24.3 Å². The first kappa shape index (κ1) is 13.1. The Morgan fingerprint density at radius 3 is 2.75 bits per heavy atom. The third-order valence-corrected chi connectivity index (χ3v) is 4.51. The van der Waals surface area contributed by atoms with Crippen LogP contribution in [0.25, 0.3) is 0 Å². The molecule has 3 heteroatoms. The van der Waals surface area contributed by atoms with E-state index >= 15 is 0 Å². The Hall–Kier alpha value is -1.90. The number of allylic oxidation sites excluding steroid dienone is 2. The van der Waals surface area contributed by atoms with Crippen molar-refractivity contribution in [1.82, 2.24) is 0 Å². The smallest absolute Gasteiger partial charge is 0.308 e. The molecular weight excluding hydrogens is 252 g/mol. The van der Waals surface area contributed by atoms with Crippen LogP contribution in [-0.2, 0) is 14.9 Å². The zero-order chi connectivity index (χ0) is 14.3. The predicted molar refractivity (Wildman–Crippen MR) is 75.4 cm³/mol. The summed E-state index contributed by atoms with van der Waals surface area (Å²) >= 11 is 0. The van der Waals surface area contributed by atoms with Crippen LogP contribution < -0.4 is 0 Å². The maximum Gasteiger partial charge on any atom is 0.308 e. The van der Waals surface area contributed by atoms with Crippen molar-refractivity contribution in [2.24, 2.45) is 0 Å². The number of esters is 1. The first-order chi connectivity index (χ1) is 9.54. The standard InChI is InChI=1S/C17H18O3/c1-11(18)20-16-14-9-5-6-10-17(14,2)13-8-4-3-7-12(13)15(16)19/h3-4,7-8H,5-6,9-10H2,1-2H3/t17-/m1/s1. The Morgan fingerprint density at radius 1 is 1.25 bits per heavy atom. The fraction of sp³-hybridized carbons (Fsp3) is 0.412. The highest BCUT2D eigenvalue weighted by Gasteiger charge is 2.44. The van der Waals surface area contributed by atoms with Gasteiger partial charge in [0.25, 0.3) is 0 Å². The average Bonchev–Trinajstić information content (AvgIpc) is 2.44. The molecule has 0 aromatic heterocycles. The number of ketones is 1. The van der Waals surface area contributed by atoms with E-state index in [1.165, 1.54) is 6.92 Å². The lowest BCUT2D eigenvalue weighted by molar-refractivity contribution is -0.136. The fourth-order valence-corrected chi connectivity index (χ4v) is 3.54. The highest BCUT2D eigenvalue weighted by molar-refractivity contribution is 6.11. The number of fused-ring (bicyclic) bond motifs is 3. The third-order valence-electron chi connectivity index (χ3n) is 4.51. The normalized spacial score (nSPS) is 25.0. The van der Waals surface area contributed by atoms with Gasteiger partial charge in [0.15, 0.2) is 5.76 Å². The lowest BCUT2D eigenvalue weighted by Crippen LogP contribution is -2.37. The first-order valence-corrected chi connectivity index (χ1v) is 7.10. The first-order valence-electron chi connectivity index (χ1n) is 7.10. The van der Waals surface area contributed by atoms with E-state index in [0.717, 1.165) is 36.8 Å². The summed E-state index contributed by atoms with van der Waals surface area (Å²) in [4.78, 5) is 24.0. The lowest BCUT2D eigenvalue weighted by atomic mass is 9.62. The summed E-state index contributed by atoms with van der Waals surface area (Å²) in [5.74, 6) is -0.295. The van der Waals surface area contributed by atoms with Gasteiger partial charge in [-0.15, -0.1) is 0 Å². The van der Waals surface area contributed by atoms with Crippen molar-refractivity contribution in [3.63, 3.8) is 0 Å². The third kappa shape index (κ3) is 1.80. The maximum atomic E-state index is 12.6. The molecule has 0 unspecified atom stereocenters. The maximum absolute atomic E-state index is 12.6. The molecule has 0 N–H and O–H groups in total. The summed E-state index contributed by atoms with van der Waals surface area (Å²) in [5, 5.41) is 0. The van der Waals surface area contributed by atoms with Gasteiger partial charge >= 0.3 is 5.97 Å². The molecule has 1 fully saturated rings. The molecule has 0 amide bonds. The summed E-state index contributed by atoms with van der Waals surface area (Å²) in [6, 6.07) is 7.70. The Balaban J connectivity index is 2.23. The molecule has 1 saturated carbocycles. The van der Waals surface area contributed by atoms with E-state index in [0.29, 0.717) is 5.56 Å². The van der Waals surface area contributed by atoms with Crippen LogP contribution >= 0.6 is 0 Å². The molecule has 0 spiro atoms. The van der Waals surface area contributed by atoms with Crippen LogP contribution in [0, 0.1) is 0 Å². The summed E-state index contributed by atoms with van der Waals surface area (Å²) in [5.41, 5.74) is 2.59. The Bertz CT molecular complexity index is 627. The molecule has 1 atom stereocenters. The molecule has 3 nitrogen and oxygen atoms in total. The van der Waals surface area contributed by atoms with E-state index in [2.05, 4.69) is 6.92 Å². The van der Waals surface area contributed by atoms with Gasteiger partial charge in [0.2, 0.25) is 5.78 Å². The quantitative estimate of drug-likeness (QED) is 0.733. The Kier molecular flexibility index (Phi) is 3.00. The van der Waals surface area contributed by atoms with Gasteiger partial charge in [0.1, 0.15) is 0 Å². The largest absolute Gasteiger partial charge is 0.423 e. The van der Waals surface area contributed by atoms with Gasteiger partial charge in [0.05, 0.1) is 0 Å². The van der Waals surface area contributed by atoms with Gasteiger partial charge in [-0.2, -0.15) is 0 Å². The van der Waals surface area contributed by atoms with Crippen molar-refractivity contribution in [2.75, 3.05) is 0 Å². The molecule has 1 aromatic rings. The van der Waals surface area contributed by atoms with Crippen LogP contribution in [0.1, 0.15) is 55.5 Å². The minimum absolute atomic E-state index is 0.148. The molecule has 104 valence electrons. The van der Waals surface area contributed by atoms with Gasteiger partial charge < -0.3 is 4.74 Å². The summed E-state index contributed by atoms with van der Waals surface area (Å²) in [6.45, 7) is 3.51. The van der Waals surface area contributed by atoms with E-state index in [-0.39, 0.29) is 17.0 Å². The van der Waals surface area contributed by atoms with Crippen LogP contribution in [0.4, 0.5) is 0 Å². The van der Waals surface area contributed by atoms with E-state index < -0.39 is 5.97 Å². The van der Waals surface area contributed by atoms with Crippen molar-refractivity contribution in [3.05, 3.63) is 46.7 Å². The monoisotopic (exact) mass is 270 g/mol. The van der Waals surface area contributed by atoms with Gasteiger partial charge in [-0.25, -0.2) is 0 Å². The summed E-state index contributed by atoms with van der Waals surface area (Å²) in [7, 11) is 0. The second kappa shape index (κ2) is 4.58. The number of rotatable bonds is 1. The number of benzene rings is 1. The van der Waals surface area contributed by atoms with Crippen molar-refractivity contribution in [2.45, 2.75) is 44.9 Å². The predicted octanol–water partition coefficient (Wildman–Crippen LogP) is 3.53. The molecular formula is C17H18O3. The SMILES string of the molecule is CC(=O)OC1=C2CCCC[C@]2(C)c2ccccc2C1=O. The second-order valence-electron chi connectivity index (χ2n) is 5.82. The van der Waals surface area contributed by atoms with Gasteiger partial charge in [0, 0.05) is 17.9 Å². The molecule has 20 heavy (non-hydrogen) atoms. The molecule has 2 aliphatic carbocycles. The number of hydrogen-bond acceptors (Lipinski definition) is 3. The summed E-state index contributed by atoms with van der Waals surface area (Å²) in [6.07, 6.45) is 4.01. The molecule has 0 bridgehead atoms. The minimum Gasteiger partial charge on any atom is -0.423 e. The van der Waals surface area contributed by atoms with Gasteiger partial charge in [-0.05, 0) is 30.4 Å². The van der Waals surface area contributed by atoms with Crippen molar-refractivity contribution >= 4 is 11.8 Å². The zero-order valence-electron chi connectivity index (χ0n) is 11.9. The van der Waals surface area contributed by atoms with Crippen LogP contribution in [0.3, 0.4) is 0 Å². The van der Waals surface area contributed by atoms with E-state index in [9.17, 15) is 9.59 Å². The van der Waals surface area contributed by atoms with E-state index in [1.54, 1.807) is 0 Å². The van der Waals surface area contributed by atoms with Crippen molar-refractivity contribution in [1.29, 1.82) is 0 Å². The Morgan fingerprint density at radius 2 is 2.00 bits per heavy atom. The fourth-order valence-electron chi connectivity index (χ4n) is 3.54. The van der Waals surface area contributed by atoms with Gasteiger partial charge in [-0.3, -0.25) is 9.59 Å². The average molecular weight is 270 g/mol. The van der Waals surface area contributed by atoms with Crippen LogP contribution in [0.2, 0.25) is 0 Å². The molecule has 2 aliphatic rings. The highest BCUT2D eigenvalue weighted by atomic mass is 16.5. The zero-order valence-corrected chi connectivity index (χ0v) is 11.9. The number of hydrogen-bond donors (Lipinski definition) is 0. The number of Topliss-reactive ketones (excluding diaryl/α,β-unsaturated/α-hetero) is 1. The second-order valence-corrected chi connectivity index (χ2v) is 5.82. The molecule has 0 saturated heterocycles. The molecule has 3 rings (SSSR count). The minimum atomic E-state index is -0.423. The number of ether oxygens (including phenoxy) is 1. The molecule has 0 radical (unpaired) electrons. The van der Waals surface area contributed by atoms with Crippen molar-refractivity contribution in [3.8, 4) is 0 Å². The highest BCUT2D eigenvalue weighted by Crippen LogP contribution is 2.49. The number of carbonyl (C=O) groups is 2. The lowest BCUT2D eigenvalue weighted by Gasteiger charge is -2.41. The topological polar surface area (TPSA) is 43.4 Å². The Labute approximate surface area is 118 Å². The number of carbonyl (C=O) groups excluding carboxylic acids is 2. The summed E-state index contributed by atoms with van der Waals surface area (Å²) < 4.78 is 5.29. The molecule has 1 aromatic carbocycles. The van der Waals surface area contributed by atoms with Crippen LogP contribution in [0.15, 0.2) is 35.6 Å². The van der Waals surface area contributed by atoms with E-state index in [4.69, 9.17) is 4.74 Å².